The molecule has 0 fully saturated rings. The quantitative estimate of drug-likeness (QED) is 0.724. The van der Waals surface area contributed by atoms with Crippen LogP contribution in [0.15, 0.2) is 80.6 Å². The number of rotatable bonds is 4. The topological polar surface area (TPSA) is 24.8 Å². The van der Waals surface area contributed by atoms with E-state index in [9.17, 15) is 0 Å². The second-order valence-corrected chi connectivity index (χ2v) is 6.84. The second-order valence-electron chi connectivity index (χ2n) is 5.76. The van der Waals surface area contributed by atoms with Crippen molar-refractivity contribution in [3.63, 3.8) is 0 Å². The van der Waals surface area contributed by atoms with Crippen molar-refractivity contribution in [2.75, 3.05) is 7.05 Å². The van der Waals surface area contributed by atoms with Gasteiger partial charge in [-0.25, -0.2) is 0 Å². The van der Waals surface area contributed by atoms with Crippen molar-refractivity contribution < 1.29 is 4.74 Å². The van der Waals surface area contributed by atoms with Crippen molar-refractivity contribution >= 4 is 18.0 Å². The third-order valence-electron chi connectivity index (χ3n) is 4.07. The third kappa shape index (κ3) is 3.20. The Kier molecular flexibility index (Phi) is 4.95. The molecule has 1 aromatic carbocycles. The molecule has 0 bridgehead atoms. The van der Waals surface area contributed by atoms with E-state index in [1.165, 1.54) is 5.57 Å². The number of likely N-dealkylation sites (N-methyl/N-ethyl adjacent to an activating group) is 1. The molecule has 2 aliphatic heterocycles. The Morgan fingerprint density at radius 2 is 2.17 bits per heavy atom. The van der Waals surface area contributed by atoms with Crippen molar-refractivity contribution in [3.05, 3.63) is 70.8 Å². The molecule has 24 heavy (non-hydrogen) atoms. The van der Waals surface area contributed by atoms with Gasteiger partial charge >= 0.3 is 0 Å². The minimum atomic E-state index is 0.847. The molecule has 0 atom stereocenters. The molecule has 124 valence electrons. The maximum absolute atomic E-state index is 6.10. The van der Waals surface area contributed by atoms with Crippen LogP contribution in [0.3, 0.4) is 0 Å². The van der Waals surface area contributed by atoms with Crippen molar-refractivity contribution in [3.8, 4) is 5.75 Å². The molecular formula is C20H22N2OS. The van der Waals surface area contributed by atoms with Crippen LogP contribution in [0, 0.1) is 0 Å². The molecule has 2 heterocycles. The molecule has 0 aliphatic carbocycles. The number of benzene rings is 1. The summed E-state index contributed by atoms with van der Waals surface area (Å²) >= 11 is 1.74. The number of aliphatic imine (C=N–C) groups is 1. The van der Waals surface area contributed by atoms with E-state index < -0.39 is 0 Å². The van der Waals surface area contributed by atoms with Gasteiger partial charge in [-0.3, -0.25) is 4.99 Å². The van der Waals surface area contributed by atoms with Crippen molar-refractivity contribution in [1.29, 1.82) is 0 Å². The van der Waals surface area contributed by atoms with Gasteiger partial charge in [0.15, 0.2) is 0 Å². The van der Waals surface area contributed by atoms with Gasteiger partial charge in [-0.1, -0.05) is 37.4 Å². The highest BCUT2D eigenvalue weighted by Crippen LogP contribution is 2.43. The summed E-state index contributed by atoms with van der Waals surface area (Å²) in [7, 11) is 2.01. The van der Waals surface area contributed by atoms with Gasteiger partial charge in [-0.05, 0) is 36.9 Å². The fourth-order valence-electron chi connectivity index (χ4n) is 2.79. The molecule has 2 aliphatic rings. The number of dihydropyridines is 1. The predicted molar refractivity (Wildman–Crippen MR) is 102 cm³/mol. The maximum Gasteiger partial charge on any atom is 0.140 e. The Bertz CT molecular complexity index is 787. The molecule has 0 spiro atoms. The van der Waals surface area contributed by atoms with E-state index >= 15 is 0 Å². The first-order valence-electron chi connectivity index (χ1n) is 8.11. The summed E-state index contributed by atoms with van der Waals surface area (Å²) in [5.41, 5.74) is 3.37. The average molecular weight is 338 g/mol. The normalized spacial score (nSPS) is 18.5. The van der Waals surface area contributed by atoms with Gasteiger partial charge < -0.3 is 9.64 Å². The van der Waals surface area contributed by atoms with Gasteiger partial charge in [0.1, 0.15) is 11.5 Å². The number of hydrogen-bond acceptors (Lipinski definition) is 4. The summed E-state index contributed by atoms with van der Waals surface area (Å²) in [5.74, 6) is 1.93. The Morgan fingerprint density at radius 1 is 1.38 bits per heavy atom. The predicted octanol–water partition coefficient (Wildman–Crippen LogP) is 5.50. The van der Waals surface area contributed by atoms with Crippen molar-refractivity contribution in [1.82, 2.24) is 4.90 Å². The number of nitrogens with zero attached hydrogens (tertiary/aromatic N) is 2. The SMILES string of the molecule is C=CN(C)C1=C(C)CC=N/C1=C/C1=C(CC)Oc2ccccc2S1. The van der Waals surface area contributed by atoms with Crippen LogP contribution in [0.2, 0.25) is 0 Å². The van der Waals surface area contributed by atoms with Crippen molar-refractivity contribution in [2.45, 2.75) is 31.6 Å². The number of hydrogen-bond donors (Lipinski definition) is 0. The summed E-state index contributed by atoms with van der Waals surface area (Å²) in [6.45, 7) is 8.14. The van der Waals surface area contributed by atoms with Crippen LogP contribution in [0.25, 0.3) is 0 Å². The lowest BCUT2D eigenvalue weighted by molar-refractivity contribution is 0.395. The standard InChI is InChI=1S/C20H22N2OS/c1-5-16-19(24-18-10-8-7-9-17(18)23-16)13-15-20(22(4)6-2)14(3)11-12-21-15/h6-10,12-13H,2,5,11H2,1,3-4H3/b15-13+. The number of para-hydroxylation sites is 1. The molecule has 1 aromatic rings. The molecule has 0 unspecified atom stereocenters. The zero-order chi connectivity index (χ0) is 17.1. The molecule has 0 N–H and O–H groups in total. The highest BCUT2D eigenvalue weighted by molar-refractivity contribution is 8.03. The van der Waals surface area contributed by atoms with Crippen LogP contribution in [-0.4, -0.2) is 18.2 Å². The van der Waals surface area contributed by atoms with Crippen LogP contribution in [0.1, 0.15) is 26.7 Å². The van der Waals surface area contributed by atoms with Gasteiger partial charge in [0.25, 0.3) is 0 Å². The third-order valence-corrected chi connectivity index (χ3v) is 5.19. The lowest BCUT2D eigenvalue weighted by Crippen LogP contribution is -2.16. The Morgan fingerprint density at radius 3 is 2.92 bits per heavy atom. The summed E-state index contributed by atoms with van der Waals surface area (Å²) in [6, 6.07) is 8.15. The lowest BCUT2D eigenvalue weighted by atomic mass is 10.1. The molecule has 3 nitrogen and oxygen atoms in total. The number of ether oxygens (including phenoxy) is 1. The summed E-state index contributed by atoms with van der Waals surface area (Å²) in [5, 5.41) is 0. The molecule has 0 radical (unpaired) electrons. The van der Waals surface area contributed by atoms with E-state index in [0.29, 0.717) is 0 Å². The van der Waals surface area contributed by atoms with Gasteiger partial charge in [0.2, 0.25) is 0 Å². The average Bonchev–Trinajstić information content (AvgIpc) is 2.60. The van der Waals surface area contributed by atoms with Crippen LogP contribution in [0.4, 0.5) is 0 Å². The Hall–Kier alpha value is -2.20. The molecule has 4 heteroatoms. The number of thioether (sulfide) groups is 1. The smallest absolute Gasteiger partial charge is 0.140 e. The van der Waals surface area contributed by atoms with Crippen LogP contribution < -0.4 is 4.74 Å². The van der Waals surface area contributed by atoms with E-state index in [2.05, 4.69) is 37.6 Å². The first-order chi connectivity index (χ1) is 11.6. The van der Waals surface area contributed by atoms with E-state index in [-0.39, 0.29) is 0 Å². The summed E-state index contributed by atoms with van der Waals surface area (Å²) in [4.78, 5) is 8.93. The van der Waals surface area contributed by atoms with E-state index in [1.54, 1.807) is 11.8 Å². The zero-order valence-electron chi connectivity index (χ0n) is 14.4. The van der Waals surface area contributed by atoms with E-state index in [0.717, 1.165) is 45.5 Å². The largest absolute Gasteiger partial charge is 0.459 e. The van der Waals surface area contributed by atoms with Gasteiger partial charge in [0, 0.05) is 26.1 Å². The summed E-state index contributed by atoms with van der Waals surface area (Å²) < 4.78 is 6.10. The monoisotopic (exact) mass is 338 g/mol. The number of fused-ring (bicyclic) bond motifs is 1. The van der Waals surface area contributed by atoms with E-state index in [4.69, 9.17) is 4.74 Å². The van der Waals surface area contributed by atoms with E-state index in [1.807, 2.05) is 42.6 Å². The van der Waals surface area contributed by atoms with Gasteiger partial charge in [0.05, 0.1) is 21.2 Å². The summed E-state index contributed by atoms with van der Waals surface area (Å²) in [6.07, 6.45) is 7.64. The zero-order valence-corrected chi connectivity index (χ0v) is 15.2. The molecule has 3 rings (SSSR count). The lowest BCUT2D eigenvalue weighted by Gasteiger charge is -2.25. The number of allylic oxidation sites excluding steroid dienone is 3. The first-order valence-corrected chi connectivity index (χ1v) is 8.93. The van der Waals surface area contributed by atoms with Crippen LogP contribution in [-0.2, 0) is 0 Å². The van der Waals surface area contributed by atoms with Crippen LogP contribution in [0.5, 0.6) is 5.75 Å². The minimum Gasteiger partial charge on any atom is -0.459 e. The Labute approximate surface area is 148 Å². The molecular weight excluding hydrogens is 316 g/mol. The van der Waals surface area contributed by atoms with Gasteiger partial charge in [-0.15, -0.1) is 0 Å². The van der Waals surface area contributed by atoms with Crippen molar-refractivity contribution in [2.24, 2.45) is 4.99 Å². The molecule has 0 aromatic heterocycles. The maximum atomic E-state index is 6.10. The highest BCUT2D eigenvalue weighted by Gasteiger charge is 2.21. The minimum absolute atomic E-state index is 0.847. The fourth-order valence-corrected chi connectivity index (χ4v) is 3.86. The Balaban J connectivity index is 2.02. The molecule has 0 saturated carbocycles. The van der Waals surface area contributed by atoms with Crippen LogP contribution >= 0.6 is 11.8 Å². The molecule has 0 amide bonds. The fraction of sp³-hybridized carbons (Fsp3) is 0.250. The van der Waals surface area contributed by atoms with Gasteiger partial charge in [-0.2, -0.15) is 0 Å². The molecule has 0 saturated heterocycles. The first kappa shape index (κ1) is 16.7. The second kappa shape index (κ2) is 7.14. The highest BCUT2D eigenvalue weighted by atomic mass is 32.2.